The van der Waals surface area contributed by atoms with Gasteiger partial charge < -0.3 is 10.2 Å². The van der Waals surface area contributed by atoms with Gasteiger partial charge in [-0.15, -0.1) is 0 Å². The maximum atomic E-state index is 4.65. The van der Waals surface area contributed by atoms with Crippen molar-refractivity contribution in [3.8, 4) is 11.3 Å². The molecular weight excluding hydrogens is 224 g/mol. The topological polar surface area (TPSA) is 41.1 Å². The number of rotatable bonds is 2. The highest BCUT2D eigenvalue weighted by molar-refractivity contribution is 5.59. The molecule has 1 saturated heterocycles. The number of nitrogens with zero attached hydrogens (tertiary/aromatic N) is 3. The van der Waals surface area contributed by atoms with Crippen molar-refractivity contribution in [1.29, 1.82) is 0 Å². The molecule has 0 spiro atoms. The van der Waals surface area contributed by atoms with Gasteiger partial charge in [0.05, 0.1) is 5.69 Å². The Bertz CT molecular complexity index is 506. The monoisotopic (exact) mass is 240 g/mol. The summed E-state index contributed by atoms with van der Waals surface area (Å²) >= 11 is 0. The third-order valence-corrected chi connectivity index (χ3v) is 3.11. The van der Waals surface area contributed by atoms with Crippen molar-refractivity contribution in [1.82, 2.24) is 15.3 Å². The van der Waals surface area contributed by atoms with Crippen molar-refractivity contribution in [2.45, 2.75) is 0 Å². The Morgan fingerprint density at radius 1 is 1.00 bits per heavy atom. The van der Waals surface area contributed by atoms with Crippen LogP contribution in [0.5, 0.6) is 0 Å². The van der Waals surface area contributed by atoms with E-state index in [0.717, 1.165) is 43.4 Å². The van der Waals surface area contributed by atoms with Gasteiger partial charge in [0.15, 0.2) is 0 Å². The molecule has 92 valence electrons. The standard InChI is InChI=1S/C14H16N4/c1-2-4-12(5-3-1)13-6-7-16-14(17-13)18-10-8-15-9-11-18/h1-7,15H,8-11H2. The third kappa shape index (κ3) is 2.33. The van der Waals surface area contributed by atoms with E-state index in [4.69, 9.17) is 0 Å². The van der Waals surface area contributed by atoms with Crippen LogP contribution in [-0.4, -0.2) is 36.1 Å². The highest BCUT2D eigenvalue weighted by Crippen LogP contribution is 2.18. The Balaban J connectivity index is 1.89. The van der Waals surface area contributed by atoms with Gasteiger partial charge in [-0.3, -0.25) is 0 Å². The molecule has 1 N–H and O–H groups in total. The minimum absolute atomic E-state index is 0.831. The van der Waals surface area contributed by atoms with Crippen LogP contribution in [0.25, 0.3) is 11.3 Å². The fraction of sp³-hybridized carbons (Fsp3) is 0.286. The molecule has 4 heteroatoms. The van der Waals surface area contributed by atoms with E-state index in [1.807, 2.05) is 30.5 Å². The lowest BCUT2D eigenvalue weighted by molar-refractivity contribution is 0.580. The molecule has 0 aliphatic carbocycles. The average Bonchev–Trinajstić information content (AvgIpc) is 2.49. The van der Waals surface area contributed by atoms with Crippen molar-refractivity contribution in [2.24, 2.45) is 0 Å². The van der Waals surface area contributed by atoms with Crippen LogP contribution in [0.2, 0.25) is 0 Å². The highest BCUT2D eigenvalue weighted by atomic mass is 15.3. The second-order valence-corrected chi connectivity index (χ2v) is 4.34. The van der Waals surface area contributed by atoms with Gasteiger partial charge in [0.2, 0.25) is 5.95 Å². The molecule has 0 bridgehead atoms. The molecule has 4 nitrogen and oxygen atoms in total. The number of hydrogen-bond acceptors (Lipinski definition) is 4. The van der Waals surface area contributed by atoms with E-state index in [1.165, 1.54) is 0 Å². The maximum Gasteiger partial charge on any atom is 0.225 e. The Hall–Kier alpha value is -1.94. The minimum atomic E-state index is 0.831. The van der Waals surface area contributed by atoms with Crippen molar-refractivity contribution in [3.63, 3.8) is 0 Å². The molecule has 1 aliphatic heterocycles. The number of aromatic nitrogens is 2. The van der Waals surface area contributed by atoms with E-state index in [0.29, 0.717) is 0 Å². The molecular formula is C14H16N4. The summed E-state index contributed by atoms with van der Waals surface area (Å²) in [7, 11) is 0. The summed E-state index contributed by atoms with van der Waals surface area (Å²) in [4.78, 5) is 11.3. The average molecular weight is 240 g/mol. The molecule has 18 heavy (non-hydrogen) atoms. The smallest absolute Gasteiger partial charge is 0.225 e. The second kappa shape index (κ2) is 5.14. The summed E-state index contributed by atoms with van der Waals surface area (Å²) in [5.74, 6) is 0.831. The van der Waals surface area contributed by atoms with Gasteiger partial charge in [-0.05, 0) is 6.07 Å². The first-order valence-corrected chi connectivity index (χ1v) is 6.27. The minimum Gasteiger partial charge on any atom is -0.338 e. The summed E-state index contributed by atoms with van der Waals surface area (Å²) in [6, 6.07) is 12.2. The Morgan fingerprint density at radius 3 is 2.56 bits per heavy atom. The molecule has 0 unspecified atom stereocenters. The van der Waals surface area contributed by atoms with Gasteiger partial charge in [-0.1, -0.05) is 30.3 Å². The number of hydrogen-bond donors (Lipinski definition) is 1. The van der Waals surface area contributed by atoms with Gasteiger partial charge in [-0.25, -0.2) is 9.97 Å². The lowest BCUT2D eigenvalue weighted by atomic mass is 10.1. The molecule has 0 radical (unpaired) electrons. The summed E-state index contributed by atoms with van der Waals surface area (Å²) in [6.45, 7) is 3.94. The van der Waals surface area contributed by atoms with Crippen LogP contribution >= 0.6 is 0 Å². The van der Waals surface area contributed by atoms with E-state index in [-0.39, 0.29) is 0 Å². The highest BCUT2D eigenvalue weighted by Gasteiger charge is 2.13. The third-order valence-electron chi connectivity index (χ3n) is 3.11. The molecule has 0 amide bonds. The maximum absolute atomic E-state index is 4.65. The van der Waals surface area contributed by atoms with E-state index in [2.05, 4.69) is 32.3 Å². The van der Waals surface area contributed by atoms with Crippen molar-refractivity contribution < 1.29 is 0 Å². The molecule has 2 aromatic rings. The van der Waals surface area contributed by atoms with Gasteiger partial charge >= 0.3 is 0 Å². The van der Waals surface area contributed by atoms with Gasteiger partial charge in [0, 0.05) is 37.9 Å². The molecule has 1 aromatic heterocycles. The lowest BCUT2D eigenvalue weighted by Crippen LogP contribution is -2.44. The zero-order valence-electron chi connectivity index (χ0n) is 10.2. The molecule has 3 rings (SSSR count). The van der Waals surface area contributed by atoms with E-state index < -0.39 is 0 Å². The number of benzene rings is 1. The normalized spacial score (nSPS) is 15.7. The molecule has 1 aromatic carbocycles. The van der Waals surface area contributed by atoms with E-state index >= 15 is 0 Å². The Kier molecular flexibility index (Phi) is 3.19. The van der Waals surface area contributed by atoms with Gasteiger partial charge in [0.1, 0.15) is 0 Å². The van der Waals surface area contributed by atoms with Crippen molar-refractivity contribution in [2.75, 3.05) is 31.1 Å². The van der Waals surface area contributed by atoms with Crippen molar-refractivity contribution in [3.05, 3.63) is 42.6 Å². The Labute approximate surface area is 107 Å². The number of piperazine rings is 1. The zero-order chi connectivity index (χ0) is 12.2. The molecule has 1 fully saturated rings. The van der Waals surface area contributed by atoms with Gasteiger partial charge in [-0.2, -0.15) is 0 Å². The summed E-state index contributed by atoms with van der Waals surface area (Å²) in [5, 5.41) is 3.33. The van der Waals surface area contributed by atoms with E-state index in [9.17, 15) is 0 Å². The predicted octanol–water partition coefficient (Wildman–Crippen LogP) is 1.55. The van der Waals surface area contributed by atoms with Crippen LogP contribution in [0.1, 0.15) is 0 Å². The molecule has 0 saturated carbocycles. The largest absolute Gasteiger partial charge is 0.338 e. The molecule has 0 atom stereocenters. The summed E-state index contributed by atoms with van der Waals surface area (Å²) in [5.41, 5.74) is 2.12. The van der Waals surface area contributed by atoms with E-state index in [1.54, 1.807) is 0 Å². The Morgan fingerprint density at radius 2 is 1.78 bits per heavy atom. The van der Waals surface area contributed by atoms with Gasteiger partial charge in [0.25, 0.3) is 0 Å². The first-order valence-electron chi connectivity index (χ1n) is 6.27. The van der Waals surface area contributed by atoms with Crippen LogP contribution in [0.3, 0.4) is 0 Å². The first-order chi connectivity index (χ1) is 8.93. The fourth-order valence-corrected chi connectivity index (χ4v) is 2.14. The quantitative estimate of drug-likeness (QED) is 0.864. The SMILES string of the molecule is c1ccc(-c2ccnc(N3CCNCC3)n2)cc1. The molecule has 2 heterocycles. The molecule has 1 aliphatic rings. The van der Waals surface area contributed by atoms with Crippen LogP contribution in [-0.2, 0) is 0 Å². The van der Waals surface area contributed by atoms with Crippen LogP contribution in [0.15, 0.2) is 42.6 Å². The summed E-state index contributed by atoms with van der Waals surface area (Å²) < 4.78 is 0. The van der Waals surface area contributed by atoms with Crippen LogP contribution in [0, 0.1) is 0 Å². The number of anilines is 1. The van der Waals surface area contributed by atoms with Crippen molar-refractivity contribution >= 4 is 5.95 Å². The lowest BCUT2D eigenvalue weighted by Gasteiger charge is -2.27. The summed E-state index contributed by atoms with van der Waals surface area (Å²) in [6.07, 6.45) is 1.84. The predicted molar refractivity (Wildman–Crippen MR) is 72.6 cm³/mol. The fourth-order valence-electron chi connectivity index (χ4n) is 2.14. The van der Waals surface area contributed by atoms with Crippen LogP contribution in [0.4, 0.5) is 5.95 Å². The van der Waals surface area contributed by atoms with Crippen LogP contribution < -0.4 is 10.2 Å². The number of nitrogens with one attached hydrogen (secondary N) is 1. The zero-order valence-corrected chi connectivity index (χ0v) is 10.2. The first kappa shape index (κ1) is 11.2. The second-order valence-electron chi connectivity index (χ2n) is 4.34.